The lowest BCUT2D eigenvalue weighted by Crippen LogP contribution is -2.38. The quantitative estimate of drug-likeness (QED) is 0.442. The molecule has 2 atom stereocenters. The van der Waals surface area contributed by atoms with Crippen LogP contribution >= 0.6 is 11.6 Å². The number of rotatable bonds is 8. The van der Waals surface area contributed by atoms with Gasteiger partial charge in [0.15, 0.2) is 6.04 Å². The van der Waals surface area contributed by atoms with E-state index in [0.717, 1.165) is 10.5 Å². The largest absolute Gasteiger partial charge is 0.480 e. The Morgan fingerprint density at radius 1 is 0.857 bits per heavy atom. The first-order valence-corrected chi connectivity index (χ1v) is 10.9. The zero-order chi connectivity index (χ0) is 26.8. The fraction of sp³-hybridized carbons (Fsp3) is 0.333. The van der Waals surface area contributed by atoms with Gasteiger partial charge in [0.1, 0.15) is 6.04 Å². The molecule has 0 heterocycles. The molecule has 0 spiro atoms. The molecular formula is C24H31ClN2O8. The summed E-state index contributed by atoms with van der Waals surface area (Å²) in [4.78, 5) is 44.1. The molecule has 0 bridgehead atoms. The van der Waals surface area contributed by atoms with Crippen LogP contribution in [0.5, 0.6) is 0 Å². The third-order valence-electron chi connectivity index (χ3n) is 4.36. The number of amides is 1. The number of nitrogens with one attached hydrogen (secondary N) is 1. The lowest BCUT2D eigenvalue weighted by atomic mass is 10.1. The van der Waals surface area contributed by atoms with Gasteiger partial charge in [-0.2, -0.15) is 0 Å². The number of halogens is 1. The highest BCUT2D eigenvalue weighted by Gasteiger charge is 2.30. The van der Waals surface area contributed by atoms with E-state index in [2.05, 4.69) is 26.4 Å². The van der Waals surface area contributed by atoms with E-state index in [0.29, 0.717) is 12.1 Å². The molecule has 0 aliphatic rings. The molecular weight excluding hydrogens is 480 g/mol. The first-order valence-electron chi connectivity index (χ1n) is 10.5. The molecule has 192 valence electrons. The van der Waals surface area contributed by atoms with Crippen LogP contribution in [0.4, 0.5) is 9.59 Å². The van der Waals surface area contributed by atoms with E-state index in [9.17, 15) is 24.3 Å². The van der Waals surface area contributed by atoms with Gasteiger partial charge in [0.25, 0.3) is 0 Å². The SMILES string of the molecule is CCN(C(=O)OC)[C@@H](C(=O)O)c1ccccc1.CCN[C@@H](C(=O)O)c1ccccc1.COC(=O)Cl. The van der Waals surface area contributed by atoms with Crippen molar-refractivity contribution in [1.82, 2.24) is 10.2 Å². The van der Waals surface area contributed by atoms with Gasteiger partial charge in [0, 0.05) is 18.1 Å². The Morgan fingerprint density at radius 3 is 1.63 bits per heavy atom. The average molecular weight is 511 g/mol. The minimum absolute atomic E-state index is 0.262. The number of benzene rings is 2. The maximum atomic E-state index is 11.5. The first kappa shape index (κ1) is 31.4. The number of carbonyl (C=O) groups excluding carboxylic acids is 2. The van der Waals surface area contributed by atoms with Crippen LogP contribution in [0.1, 0.15) is 37.1 Å². The molecule has 0 saturated heterocycles. The van der Waals surface area contributed by atoms with Gasteiger partial charge >= 0.3 is 23.5 Å². The Balaban J connectivity index is 0.000000567. The number of carboxylic acids is 2. The molecule has 1 amide bonds. The van der Waals surface area contributed by atoms with Crippen LogP contribution in [-0.4, -0.2) is 65.9 Å². The lowest BCUT2D eigenvalue weighted by molar-refractivity contribution is -0.143. The molecule has 0 radical (unpaired) electrons. The van der Waals surface area contributed by atoms with Crippen molar-refractivity contribution in [3.63, 3.8) is 0 Å². The molecule has 2 aromatic carbocycles. The standard InChI is InChI=1S/C12H15NO4.C10H13NO2.C2H3ClO2/c1-3-13(12(16)17-2)10(11(14)15)9-7-5-4-6-8-9;1-2-11-9(10(12)13)8-6-4-3-5-7-8;1-5-2(3)4/h4-8,10H,3H2,1-2H3,(H,14,15);3-7,9,11H,2H2,1H3,(H,12,13);1H3/t10-;9-;/m11./s1. The van der Waals surface area contributed by atoms with Gasteiger partial charge in [0.2, 0.25) is 0 Å². The summed E-state index contributed by atoms with van der Waals surface area (Å²) in [6.45, 7) is 4.50. The summed E-state index contributed by atoms with van der Waals surface area (Å²) in [5.41, 5.74) is 0.564. The minimum Gasteiger partial charge on any atom is -0.480 e. The second-order valence-electron chi connectivity index (χ2n) is 6.59. The van der Waals surface area contributed by atoms with Crippen molar-refractivity contribution in [2.75, 3.05) is 27.3 Å². The predicted octanol–water partition coefficient (Wildman–Crippen LogP) is 4.31. The molecule has 3 N–H and O–H groups in total. The predicted molar refractivity (Wildman–Crippen MR) is 130 cm³/mol. The number of carboxylic acid groups (broad SMARTS) is 2. The Morgan fingerprint density at radius 2 is 1.31 bits per heavy atom. The van der Waals surface area contributed by atoms with E-state index in [1.54, 1.807) is 49.4 Å². The molecule has 11 heteroatoms. The molecule has 10 nitrogen and oxygen atoms in total. The summed E-state index contributed by atoms with van der Waals surface area (Å²) in [6, 6.07) is 16.1. The van der Waals surface area contributed by atoms with E-state index in [1.165, 1.54) is 14.2 Å². The zero-order valence-electron chi connectivity index (χ0n) is 20.0. The molecule has 0 fully saturated rings. The normalized spacial score (nSPS) is 11.2. The summed E-state index contributed by atoms with van der Waals surface area (Å²) < 4.78 is 8.46. The number of nitrogens with zero attached hydrogens (tertiary/aromatic N) is 1. The van der Waals surface area contributed by atoms with Crippen molar-refractivity contribution >= 4 is 35.1 Å². The van der Waals surface area contributed by atoms with E-state index >= 15 is 0 Å². The summed E-state index contributed by atoms with van der Waals surface area (Å²) in [5, 5.41) is 21.0. The second-order valence-corrected chi connectivity index (χ2v) is 6.90. The maximum Gasteiger partial charge on any atom is 0.410 e. The van der Waals surface area contributed by atoms with Gasteiger partial charge < -0.3 is 25.0 Å². The molecule has 35 heavy (non-hydrogen) atoms. The summed E-state index contributed by atoms with van der Waals surface area (Å²) in [7, 11) is 2.45. The van der Waals surface area contributed by atoms with Crippen LogP contribution in [0, 0.1) is 0 Å². The number of methoxy groups -OCH3 is 2. The lowest BCUT2D eigenvalue weighted by Gasteiger charge is -2.26. The van der Waals surface area contributed by atoms with E-state index in [-0.39, 0.29) is 6.54 Å². The topological polar surface area (TPSA) is 142 Å². The van der Waals surface area contributed by atoms with Crippen LogP contribution in [-0.2, 0) is 19.1 Å². The van der Waals surface area contributed by atoms with Crippen molar-refractivity contribution < 1.29 is 38.9 Å². The van der Waals surface area contributed by atoms with Gasteiger partial charge in [-0.15, -0.1) is 0 Å². The Kier molecular flexibility index (Phi) is 15.9. The molecule has 0 aromatic heterocycles. The van der Waals surface area contributed by atoms with Crippen LogP contribution in [0.15, 0.2) is 60.7 Å². The molecule has 0 unspecified atom stereocenters. The number of likely N-dealkylation sites (N-methyl/N-ethyl adjacent to an activating group) is 2. The molecule has 0 saturated carbocycles. The number of hydrogen-bond acceptors (Lipinski definition) is 7. The molecule has 2 rings (SSSR count). The van der Waals surface area contributed by atoms with Crippen LogP contribution in [0.3, 0.4) is 0 Å². The van der Waals surface area contributed by atoms with Gasteiger partial charge in [-0.25, -0.2) is 14.4 Å². The fourth-order valence-corrected chi connectivity index (χ4v) is 2.82. The average Bonchev–Trinajstić information content (AvgIpc) is 2.86. The summed E-state index contributed by atoms with van der Waals surface area (Å²) in [5.74, 6) is -1.92. The third kappa shape index (κ3) is 11.9. The first-order chi connectivity index (χ1) is 16.6. The van der Waals surface area contributed by atoms with Gasteiger partial charge in [0.05, 0.1) is 14.2 Å². The monoisotopic (exact) mass is 510 g/mol. The summed E-state index contributed by atoms with van der Waals surface area (Å²) in [6.07, 6.45) is -0.649. The minimum atomic E-state index is -1.08. The highest BCUT2D eigenvalue weighted by molar-refractivity contribution is 6.61. The maximum absolute atomic E-state index is 11.5. The summed E-state index contributed by atoms with van der Waals surface area (Å²) >= 11 is 4.60. The van der Waals surface area contributed by atoms with Crippen molar-refractivity contribution in [3.05, 3.63) is 71.8 Å². The third-order valence-corrected chi connectivity index (χ3v) is 4.51. The van der Waals surface area contributed by atoms with Crippen molar-refractivity contribution in [2.45, 2.75) is 25.9 Å². The van der Waals surface area contributed by atoms with E-state index < -0.39 is 35.5 Å². The number of aliphatic carboxylic acids is 2. The van der Waals surface area contributed by atoms with Gasteiger partial charge in [-0.3, -0.25) is 9.69 Å². The molecule has 2 aromatic rings. The Labute approximate surface area is 209 Å². The fourth-order valence-electron chi connectivity index (χ4n) is 2.82. The smallest absolute Gasteiger partial charge is 0.410 e. The number of carbonyl (C=O) groups is 4. The van der Waals surface area contributed by atoms with Gasteiger partial charge in [-0.05, 0) is 24.6 Å². The van der Waals surface area contributed by atoms with Gasteiger partial charge in [-0.1, -0.05) is 67.6 Å². The molecule has 0 aliphatic carbocycles. The Bertz CT molecular complexity index is 912. The van der Waals surface area contributed by atoms with Crippen molar-refractivity contribution in [3.8, 4) is 0 Å². The zero-order valence-corrected chi connectivity index (χ0v) is 20.8. The number of ether oxygens (including phenoxy) is 2. The Hall–Kier alpha value is -3.63. The number of hydrogen-bond donors (Lipinski definition) is 3. The van der Waals surface area contributed by atoms with Crippen molar-refractivity contribution in [2.24, 2.45) is 0 Å². The second kappa shape index (κ2) is 17.8. The van der Waals surface area contributed by atoms with Crippen molar-refractivity contribution in [1.29, 1.82) is 0 Å². The highest BCUT2D eigenvalue weighted by Crippen LogP contribution is 2.21. The van der Waals surface area contributed by atoms with Crippen LogP contribution in [0.2, 0.25) is 0 Å². The highest BCUT2D eigenvalue weighted by atomic mass is 35.5. The van der Waals surface area contributed by atoms with Crippen LogP contribution < -0.4 is 5.32 Å². The molecule has 0 aliphatic heterocycles. The van der Waals surface area contributed by atoms with E-state index in [1.807, 2.05) is 25.1 Å². The van der Waals surface area contributed by atoms with E-state index in [4.69, 9.17) is 5.11 Å². The van der Waals surface area contributed by atoms with Crippen LogP contribution in [0.25, 0.3) is 0 Å².